The van der Waals surface area contributed by atoms with Gasteiger partial charge in [-0.25, -0.2) is 4.98 Å². The summed E-state index contributed by atoms with van der Waals surface area (Å²) < 4.78 is 6.77. The first-order valence-corrected chi connectivity index (χ1v) is 10.9. The molecular formula is C21H29N3O3S. The van der Waals surface area contributed by atoms with E-state index in [2.05, 4.69) is 10.3 Å². The van der Waals surface area contributed by atoms with Crippen LogP contribution >= 0.6 is 11.8 Å². The molecule has 0 bridgehead atoms. The molecular weight excluding hydrogens is 374 g/mol. The molecule has 1 aliphatic rings. The lowest BCUT2D eigenvalue weighted by Gasteiger charge is -2.20. The van der Waals surface area contributed by atoms with E-state index in [4.69, 9.17) is 4.74 Å². The van der Waals surface area contributed by atoms with Gasteiger partial charge in [-0.3, -0.25) is 14.2 Å². The van der Waals surface area contributed by atoms with E-state index in [0.717, 1.165) is 12.8 Å². The van der Waals surface area contributed by atoms with Crippen molar-refractivity contribution in [3.05, 3.63) is 34.6 Å². The fourth-order valence-electron chi connectivity index (χ4n) is 3.57. The van der Waals surface area contributed by atoms with Gasteiger partial charge in [-0.15, -0.1) is 0 Å². The first-order valence-electron chi connectivity index (χ1n) is 10.1. The minimum absolute atomic E-state index is 0.0117. The molecule has 0 radical (unpaired) electrons. The monoisotopic (exact) mass is 403 g/mol. The summed E-state index contributed by atoms with van der Waals surface area (Å²) in [6.45, 7) is 2.70. The van der Waals surface area contributed by atoms with Crippen LogP contribution in [0.1, 0.15) is 45.4 Å². The molecule has 28 heavy (non-hydrogen) atoms. The van der Waals surface area contributed by atoms with Crippen LogP contribution in [0.15, 0.2) is 34.2 Å². The number of amides is 1. The Kier molecular flexibility index (Phi) is 7.50. The van der Waals surface area contributed by atoms with E-state index in [-0.39, 0.29) is 22.8 Å². The first kappa shape index (κ1) is 20.9. The van der Waals surface area contributed by atoms with Gasteiger partial charge in [0, 0.05) is 13.2 Å². The summed E-state index contributed by atoms with van der Waals surface area (Å²) in [7, 11) is 1.61. The summed E-state index contributed by atoms with van der Waals surface area (Å²) in [6.07, 6.45) is 6.96. The molecule has 1 aromatic carbocycles. The van der Waals surface area contributed by atoms with Crippen LogP contribution in [0.3, 0.4) is 0 Å². The Bertz CT molecular complexity index is 860. The molecule has 3 rings (SSSR count). The van der Waals surface area contributed by atoms with Crippen LogP contribution in [0.5, 0.6) is 0 Å². The van der Waals surface area contributed by atoms with Crippen LogP contribution in [0.2, 0.25) is 0 Å². The maximum Gasteiger partial charge on any atom is 0.262 e. The summed E-state index contributed by atoms with van der Waals surface area (Å²) in [5, 5.41) is 4.01. The quantitative estimate of drug-likeness (QED) is 0.436. The van der Waals surface area contributed by atoms with Gasteiger partial charge in [0.2, 0.25) is 5.91 Å². The van der Waals surface area contributed by atoms with E-state index in [1.165, 1.54) is 37.4 Å². The van der Waals surface area contributed by atoms with Crippen LogP contribution in [-0.4, -0.2) is 40.5 Å². The molecule has 7 heteroatoms. The van der Waals surface area contributed by atoms with Crippen LogP contribution in [-0.2, 0) is 16.1 Å². The fraction of sp³-hybridized carbons (Fsp3) is 0.571. The molecule has 1 aromatic heterocycles. The van der Waals surface area contributed by atoms with Crippen molar-refractivity contribution in [2.75, 3.05) is 13.7 Å². The van der Waals surface area contributed by atoms with Crippen molar-refractivity contribution in [3.63, 3.8) is 0 Å². The van der Waals surface area contributed by atoms with Gasteiger partial charge in [-0.05, 0) is 31.9 Å². The number of ether oxygens (including phenoxy) is 1. The van der Waals surface area contributed by atoms with Crippen molar-refractivity contribution >= 4 is 28.6 Å². The van der Waals surface area contributed by atoms with Crippen LogP contribution in [0, 0.1) is 0 Å². The predicted molar refractivity (Wildman–Crippen MR) is 113 cm³/mol. The number of fused-ring (bicyclic) bond motifs is 1. The fourth-order valence-corrected chi connectivity index (χ4v) is 4.52. The summed E-state index contributed by atoms with van der Waals surface area (Å²) in [4.78, 5) is 30.3. The number of para-hydroxylation sites is 1. The van der Waals surface area contributed by atoms with Crippen molar-refractivity contribution in [3.8, 4) is 0 Å². The number of nitrogens with zero attached hydrogens (tertiary/aromatic N) is 2. The number of benzene rings is 1. The van der Waals surface area contributed by atoms with Crippen molar-refractivity contribution in [1.29, 1.82) is 0 Å². The standard InChI is InChI=1S/C21H29N3O3S/c1-15(19(25)22-16-9-5-3-4-6-10-16)28-21-23-18-12-8-7-11-17(18)20(26)24(21)13-14-27-2/h7-8,11-12,15-16H,3-6,9-10,13-14H2,1-2H3,(H,22,25)/t15-/m1/s1. The summed E-state index contributed by atoms with van der Waals surface area (Å²) in [5.74, 6) is 0.0117. The van der Waals surface area contributed by atoms with Crippen molar-refractivity contribution < 1.29 is 9.53 Å². The Morgan fingerprint density at radius 3 is 2.71 bits per heavy atom. The lowest BCUT2D eigenvalue weighted by molar-refractivity contribution is -0.121. The molecule has 0 aliphatic heterocycles. The highest BCUT2D eigenvalue weighted by molar-refractivity contribution is 8.00. The SMILES string of the molecule is COCCn1c(S[C@H](C)C(=O)NC2CCCCCC2)nc2ccccc2c1=O. The third-order valence-electron chi connectivity index (χ3n) is 5.20. The summed E-state index contributed by atoms with van der Waals surface area (Å²) in [6, 6.07) is 7.58. The zero-order valence-corrected chi connectivity index (χ0v) is 17.5. The molecule has 0 saturated heterocycles. The van der Waals surface area contributed by atoms with E-state index in [1.54, 1.807) is 17.7 Å². The molecule has 1 fully saturated rings. The topological polar surface area (TPSA) is 73.2 Å². The van der Waals surface area contributed by atoms with E-state index >= 15 is 0 Å². The predicted octanol–water partition coefficient (Wildman–Crippen LogP) is 3.36. The average molecular weight is 404 g/mol. The van der Waals surface area contributed by atoms with Gasteiger partial charge in [-0.1, -0.05) is 49.6 Å². The Morgan fingerprint density at radius 1 is 1.29 bits per heavy atom. The summed E-state index contributed by atoms with van der Waals surface area (Å²) >= 11 is 1.34. The second kappa shape index (κ2) is 10.1. The molecule has 1 atom stereocenters. The molecule has 1 N–H and O–H groups in total. The molecule has 6 nitrogen and oxygen atoms in total. The maximum atomic E-state index is 12.9. The molecule has 1 aliphatic carbocycles. The zero-order valence-electron chi connectivity index (χ0n) is 16.6. The molecule has 1 amide bonds. The molecule has 1 heterocycles. The Hall–Kier alpha value is -1.86. The highest BCUT2D eigenvalue weighted by Gasteiger charge is 2.22. The molecule has 152 valence electrons. The smallest absolute Gasteiger partial charge is 0.262 e. The molecule has 2 aromatic rings. The van der Waals surface area contributed by atoms with E-state index in [9.17, 15) is 9.59 Å². The number of hydrogen-bond donors (Lipinski definition) is 1. The number of nitrogens with one attached hydrogen (secondary N) is 1. The molecule has 0 unspecified atom stereocenters. The number of methoxy groups -OCH3 is 1. The van der Waals surface area contributed by atoms with Gasteiger partial charge >= 0.3 is 0 Å². The summed E-state index contributed by atoms with van der Waals surface area (Å²) in [5.41, 5.74) is 0.557. The average Bonchev–Trinajstić information content (AvgIpc) is 2.96. The van der Waals surface area contributed by atoms with Gasteiger partial charge in [0.1, 0.15) is 0 Å². The van der Waals surface area contributed by atoms with Crippen molar-refractivity contribution in [2.45, 2.75) is 68.4 Å². The number of carbonyl (C=O) groups is 1. The van der Waals surface area contributed by atoms with Crippen molar-refractivity contribution in [2.24, 2.45) is 0 Å². The number of rotatable bonds is 7. The van der Waals surface area contributed by atoms with Gasteiger partial charge in [0.25, 0.3) is 5.56 Å². The third kappa shape index (κ3) is 5.14. The second-order valence-electron chi connectivity index (χ2n) is 7.32. The van der Waals surface area contributed by atoms with E-state index in [0.29, 0.717) is 29.2 Å². The Labute approximate surface area is 170 Å². The second-order valence-corrected chi connectivity index (χ2v) is 8.63. The lowest BCUT2D eigenvalue weighted by atomic mass is 10.1. The van der Waals surface area contributed by atoms with Crippen molar-refractivity contribution in [1.82, 2.24) is 14.9 Å². The van der Waals surface area contributed by atoms with Gasteiger partial charge < -0.3 is 10.1 Å². The minimum Gasteiger partial charge on any atom is -0.383 e. The molecule has 1 saturated carbocycles. The van der Waals surface area contributed by atoms with Gasteiger partial charge in [0.05, 0.1) is 29.3 Å². The number of carbonyl (C=O) groups excluding carboxylic acids is 1. The van der Waals surface area contributed by atoms with E-state index in [1.807, 2.05) is 25.1 Å². The lowest BCUT2D eigenvalue weighted by Crippen LogP contribution is -2.39. The van der Waals surface area contributed by atoms with Crippen LogP contribution in [0.4, 0.5) is 0 Å². The van der Waals surface area contributed by atoms with Gasteiger partial charge in [0.15, 0.2) is 5.16 Å². The first-order chi connectivity index (χ1) is 13.6. The Balaban J connectivity index is 1.79. The highest BCUT2D eigenvalue weighted by Crippen LogP contribution is 2.24. The normalized spacial score (nSPS) is 16.6. The number of aromatic nitrogens is 2. The zero-order chi connectivity index (χ0) is 19.9. The number of hydrogen-bond acceptors (Lipinski definition) is 5. The van der Waals surface area contributed by atoms with Crippen LogP contribution < -0.4 is 10.9 Å². The Morgan fingerprint density at radius 2 is 2.00 bits per heavy atom. The van der Waals surface area contributed by atoms with Crippen LogP contribution in [0.25, 0.3) is 10.9 Å². The maximum absolute atomic E-state index is 12.9. The largest absolute Gasteiger partial charge is 0.383 e. The van der Waals surface area contributed by atoms with Gasteiger partial charge in [-0.2, -0.15) is 0 Å². The minimum atomic E-state index is -0.329. The third-order valence-corrected chi connectivity index (χ3v) is 6.29. The number of thioether (sulfide) groups is 1. The van der Waals surface area contributed by atoms with E-state index < -0.39 is 0 Å². The molecule has 0 spiro atoms. The highest BCUT2D eigenvalue weighted by atomic mass is 32.2.